The number of benzene rings is 1. The van der Waals surface area contributed by atoms with Crippen LogP contribution >= 0.6 is 11.6 Å². The third kappa shape index (κ3) is 6.09. The third-order valence-electron chi connectivity index (χ3n) is 5.75. The Bertz CT molecular complexity index is 938. The fourth-order valence-electron chi connectivity index (χ4n) is 3.92. The molecule has 2 heterocycles. The number of aromatic nitrogens is 2. The molecule has 1 aliphatic rings. The zero-order chi connectivity index (χ0) is 23.1. The zero-order valence-electron chi connectivity index (χ0n) is 19.1. The summed E-state index contributed by atoms with van der Waals surface area (Å²) in [4.78, 5) is 29.3. The molecule has 1 saturated heterocycles. The first-order valence-electron chi connectivity index (χ1n) is 11.0. The Hall–Kier alpha value is -2.42. The maximum absolute atomic E-state index is 13.2. The van der Waals surface area contributed by atoms with E-state index in [-0.39, 0.29) is 11.8 Å². The van der Waals surface area contributed by atoms with Crippen LogP contribution in [0.25, 0.3) is 0 Å². The summed E-state index contributed by atoms with van der Waals surface area (Å²) in [6, 6.07) is 7.66. The van der Waals surface area contributed by atoms with Crippen molar-refractivity contribution in [2.45, 2.75) is 26.8 Å². The van der Waals surface area contributed by atoms with Crippen molar-refractivity contribution in [1.82, 2.24) is 24.9 Å². The largest absolute Gasteiger partial charge is 0.385 e. The molecule has 1 N–H and O–H groups in total. The number of carbonyl (C=O) groups excluding carboxylic acids is 2. The zero-order valence-corrected chi connectivity index (χ0v) is 19.8. The predicted octanol–water partition coefficient (Wildman–Crippen LogP) is 2.11. The molecular weight excluding hydrogens is 430 g/mol. The molecule has 0 aliphatic carbocycles. The van der Waals surface area contributed by atoms with E-state index in [0.29, 0.717) is 63.0 Å². The van der Waals surface area contributed by atoms with Crippen molar-refractivity contribution in [3.8, 4) is 0 Å². The average molecular weight is 462 g/mol. The summed E-state index contributed by atoms with van der Waals surface area (Å²) in [5.74, 6) is 0.00231. The SMILES string of the molecule is COCCCNC(=O)CN1CCN(C(=O)c2c(C)nn(Cc3ccccc3Cl)c2C)CC1. The summed E-state index contributed by atoms with van der Waals surface area (Å²) < 4.78 is 6.83. The summed E-state index contributed by atoms with van der Waals surface area (Å²) in [5.41, 5.74) is 3.18. The molecule has 0 atom stereocenters. The summed E-state index contributed by atoms with van der Waals surface area (Å²) in [6.07, 6.45) is 0.799. The topological polar surface area (TPSA) is 79.7 Å². The van der Waals surface area contributed by atoms with Crippen LogP contribution < -0.4 is 5.32 Å². The van der Waals surface area contributed by atoms with Gasteiger partial charge in [0.1, 0.15) is 0 Å². The fourth-order valence-corrected chi connectivity index (χ4v) is 4.11. The second-order valence-corrected chi connectivity index (χ2v) is 8.47. The van der Waals surface area contributed by atoms with Crippen molar-refractivity contribution in [3.63, 3.8) is 0 Å². The van der Waals surface area contributed by atoms with Crippen LogP contribution in [0, 0.1) is 13.8 Å². The molecule has 8 nitrogen and oxygen atoms in total. The number of aryl methyl sites for hydroxylation is 1. The Kier molecular flexibility index (Phi) is 8.67. The Morgan fingerprint density at radius 2 is 1.88 bits per heavy atom. The molecule has 0 spiro atoms. The minimum Gasteiger partial charge on any atom is -0.385 e. The maximum Gasteiger partial charge on any atom is 0.257 e. The fraction of sp³-hybridized carbons (Fsp3) is 0.522. The molecule has 3 rings (SSSR count). The van der Waals surface area contributed by atoms with Crippen molar-refractivity contribution >= 4 is 23.4 Å². The van der Waals surface area contributed by atoms with Gasteiger partial charge in [-0.25, -0.2) is 0 Å². The van der Waals surface area contributed by atoms with Crippen LogP contribution in [0.5, 0.6) is 0 Å². The molecule has 1 aliphatic heterocycles. The molecule has 0 saturated carbocycles. The van der Waals surface area contributed by atoms with Gasteiger partial charge in [-0.3, -0.25) is 19.2 Å². The van der Waals surface area contributed by atoms with E-state index in [0.717, 1.165) is 23.4 Å². The highest BCUT2D eigenvalue weighted by atomic mass is 35.5. The molecule has 0 bridgehead atoms. The van der Waals surface area contributed by atoms with Gasteiger partial charge in [0.15, 0.2) is 0 Å². The third-order valence-corrected chi connectivity index (χ3v) is 6.12. The van der Waals surface area contributed by atoms with E-state index in [1.807, 2.05) is 47.7 Å². The molecule has 2 amide bonds. The van der Waals surface area contributed by atoms with Crippen LogP contribution in [0.2, 0.25) is 5.02 Å². The predicted molar refractivity (Wildman–Crippen MR) is 124 cm³/mol. The lowest BCUT2D eigenvalue weighted by Gasteiger charge is -2.34. The lowest BCUT2D eigenvalue weighted by Crippen LogP contribution is -2.51. The second kappa shape index (κ2) is 11.4. The quantitative estimate of drug-likeness (QED) is 0.578. The first kappa shape index (κ1) is 24.2. The van der Waals surface area contributed by atoms with Gasteiger partial charge in [-0.1, -0.05) is 29.8 Å². The highest BCUT2D eigenvalue weighted by Crippen LogP contribution is 2.21. The number of amides is 2. The maximum atomic E-state index is 13.2. The van der Waals surface area contributed by atoms with Gasteiger partial charge in [0.25, 0.3) is 5.91 Å². The molecule has 9 heteroatoms. The normalized spacial score (nSPS) is 14.6. The Morgan fingerprint density at radius 1 is 1.16 bits per heavy atom. The Balaban J connectivity index is 1.55. The van der Waals surface area contributed by atoms with E-state index >= 15 is 0 Å². The van der Waals surface area contributed by atoms with Crippen LogP contribution in [0.4, 0.5) is 0 Å². The minimum atomic E-state index is -0.00549. The van der Waals surface area contributed by atoms with Crippen molar-refractivity contribution in [3.05, 3.63) is 51.8 Å². The summed E-state index contributed by atoms with van der Waals surface area (Å²) in [6.45, 7) is 8.43. The van der Waals surface area contributed by atoms with E-state index in [1.54, 1.807) is 7.11 Å². The van der Waals surface area contributed by atoms with Crippen molar-refractivity contribution in [2.75, 3.05) is 53.0 Å². The highest BCUT2D eigenvalue weighted by Gasteiger charge is 2.27. The molecule has 32 heavy (non-hydrogen) atoms. The molecule has 2 aromatic rings. The van der Waals surface area contributed by atoms with Gasteiger partial charge in [-0.2, -0.15) is 5.10 Å². The van der Waals surface area contributed by atoms with Gasteiger partial charge in [0.2, 0.25) is 5.91 Å². The first-order valence-corrected chi connectivity index (χ1v) is 11.3. The molecule has 0 radical (unpaired) electrons. The van der Waals surface area contributed by atoms with Gasteiger partial charge in [0.05, 0.1) is 24.3 Å². The number of carbonyl (C=O) groups is 2. The lowest BCUT2D eigenvalue weighted by atomic mass is 10.1. The highest BCUT2D eigenvalue weighted by molar-refractivity contribution is 6.31. The van der Waals surface area contributed by atoms with E-state index in [9.17, 15) is 9.59 Å². The first-order chi connectivity index (χ1) is 15.4. The standard InChI is InChI=1S/C23H32ClN5O3/c1-17-22(18(2)29(26-17)15-19-7-4-5-8-20(19)24)23(31)28-12-10-27(11-13-28)16-21(30)25-9-6-14-32-3/h4-5,7-8H,6,9-16H2,1-3H3,(H,25,30). The number of hydrogen-bond donors (Lipinski definition) is 1. The molecule has 1 fully saturated rings. The number of nitrogens with one attached hydrogen (secondary N) is 1. The lowest BCUT2D eigenvalue weighted by molar-refractivity contribution is -0.122. The number of halogens is 1. The minimum absolute atomic E-state index is 0.00549. The molecule has 1 aromatic carbocycles. The Labute approximate surface area is 194 Å². The number of piperazine rings is 1. The summed E-state index contributed by atoms with van der Waals surface area (Å²) in [7, 11) is 1.65. The smallest absolute Gasteiger partial charge is 0.257 e. The van der Waals surface area contributed by atoms with E-state index in [2.05, 4.69) is 15.3 Å². The summed E-state index contributed by atoms with van der Waals surface area (Å²) >= 11 is 6.29. The monoisotopic (exact) mass is 461 g/mol. The molecule has 1 aromatic heterocycles. The number of ether oxygens (including phenoxy) is 1. The van der Waals surface area contributed by atoms with E-state index in [1.165, 1.54) is 0 Å². The number of nitrogens with zero attached hydrogens (tertiary/aromatic N) is 4. The van der Waals surface area contributed by atoms with E-state index in [4.69, 9.17) is 16.3 Å². The Morgan fingerprint density at radius 3 is 2.56 bits per heavy atom. The van der Waals surface area contributed by atoms with Gasteiger partial charge in [0, 0.05) is 57.2 Å². The van der Waals surface area contributed by atoms with Crippen molar-refractivity contribution in [2.24, 2.45) is 0 Å². The van der Waals surface area contributed by atoms with Crippen molar-refractivity contribution < 1.29 is 14.3 Å². The van der Waals surface area contributed by atoms with Gasteiger partial charge in [-0.05, 0) is 31.9 Å². The molecule has 0 unspecified atom stereocenters. The molecule has 174 valence electrons. The van der Waals surface area contributed by atoms with Crippen LogP contribution in [0.3, 0.4) is 0 Å². The molecular formula is C23H32ClN5O3. The van der Waals surface area contributed by atoms with Gasteiger partial charge in [-0.15, -0.1) is 0 Å². The van der Waals surface area contributed by atoms with Gasteiger partial charge < -0.3 is 15.0 Å². The van der Waals surface area contributed by atoms with E-state index < -0.39 is 0 Å². The average Bonchev–Trinajstić information content (AvgIpc) is 3.05. The second-order valence-electron chi connectivity index (χ2n) is 8.06. The number of rotatable bonds is 9. The number of hydrogen-bond acceptors (Lipinski definition) is 5. The van der Waals surface area contributed by atoms with Crippen LogP contribution in [-0.2, 0) is 16.1 Å². The van der Waals surface area contributed by atoms with Crippen molar-refractivity contribution in [1.29, 1.82) is 0 Å². The van der Waals surface area contributed by atoms with Crippen LogP contribution in [0.15, 0.2) is 24.3 Å². The number of methoxy groups -OCH3 is 1. The van der Waals surface area contributed by atoms with Gasteiger partial charge >= 0.3 is 0 Å². The van der Waals surface area contributed by atoms with Crippen LogP contribution in [0.1, 0.15) is 33.7 Å². The summed E-state index contributed by atoms with van der Waals surface area (Å²) in [5, 5.41) is 8.19. The van der Waals surface area contributed by atoms with Crippen LogP contribution in [-0.4, -0.2) is 84.4 Å².